The average Bonchev–Trinajstić information content (AvgIpc) is 2.39. The lowest BCUT2D eigenvalue weighted by Crippen LogP contribution is -2.03. The molecule has 0 saturated heterocycles. The molecule has 0 bridgehead atoms. The Hall–Kier alpha value is -1.63. The highest BCUT2D eigenvalue weighted by Gasteiger charge is 2.04. The van der Waals surface area contributed by atoms with Gasteiger partial charge in [-0.3, -0.25) is 4.99 Å². The molecule has 1 aliphatic carbocycles. The Morgan fingerprint density at radius 2 is 2.29 bits per heavy atom. The fourth-order valence-electron chi connectivity index (χ4n) is 1.64. The lowest BCUT2D eigenvalue weighted by molar-refractivity contribution is 0.861. The van der Waals surface area contributed by atoms with E-state index in [1.54, 1.807) is 0 Å². The fraction of sp³-hybridized carbons (Fsp3) is 0.312. The molecule has 1 unspecified atom stereocenters. The highest BCUT2D eigenvalue weighted by molar-refractivity contribution is 5.82. The van der Waals surface area contributed by atoms with Crippen LogP contribution in [0, 0.1) is 0 Å². The first-order valence-electron chi connectivity index (χ1n) is 6.11. The molecule has 0 aromatic carbocycles. The van der Waals surface area contributed by atoms with Crippen LogP contribution in [0.5, 0.6) is 0 Å². The SMILES string of the molecule is C=CC/C=C(\C=C)C=NC(C)C1=CCCC=C1. The second-order valence-electron chi connectivity index (χ2n) is 4.07. The van der Waals surface area contributed by atoms with E-state index in [2.05, 4.69) is 49.4 Å². The molecule has 17 heavy (non-hydrogen) atoms. The maximum absolute atomic E-state index is 4.55. The van der Waals surface area contributed by atoms with Gasteiger partial charge >= 0.3 is 0 Å². The minimum Gasteiger partial charge on any atom is -0.285 e. The van der Waals surface area contributed by atoms with Crippen molar-refractivity contribution in [3.05, 3.63) is 60.8 Å². The summed E-state index contributed by atoms with van der Waals surface area (Å²) in [5.74, 6) is 0. The van der Waals surface area contributed by atoms with Crippen LogP contribution in [0.15, 0.2) is 65.8 Å². The summed E-state index contributed by atoms with van der Waals surface area (Å²) in [7, 11) is 0. The molecule has 1 atom stereocenters. The van der Waals surface area contributed by atoms with Crippen molar-refractivity contribution in [1.82, 2.24) is 0 Å². The van der Waals surface area contributed by atoms with Gasteiger partial charge in [0.2, 0.25) is 0 Å². The monoisotopic (exact) mass is 227 g/mol. The molecule has 0 radical (unpaired) electrons. The largest absolute Gasteiger partial charge is 0.285 e. The highest BCUT2D eigenvalue weighted by atomic mass is 14.8. The summed E-state index contributed by atoms with van der Waals surface area (Å²) < 4.78 is 0. The standard InChI is InChI=1S/C16H21N/c1-4-6-10-15(5-2)13-17-14(3)16-11-8-7-9-12-16/h4-5,8,10-14H,1-2,6-7,9H2,3H3/b15-10+,17-13?. The predicted octanol–water partition coefficient (Wildman–Crippen LogP) is 4.41. The maximum atomic E-state index is 4.55. The van der Waals surface area contributed by atoms with Crippen molar-refractivity contribution in [2.75, 3.05) is 0 Å². The number of allylic oxidation sites excluding steroid dienone is 6. The summed E-state index contributed by atoms with van der Waals surface area (Å²) in [5.41, 5.74) is 2.36. The zero-order valence-corrected chi connectivity index (χ0v) is 10.6. The van der Waals surface area contributed by atoms with E-state index in [-0.39, 0.29) is 6.04 Å². The van der Waals surface area contributed by atoms with E-state index in [4.69, 9.17) is 0 Å². The van der Waals surface area contributed by atoms with Gasteiger partial charge in [-0.25, -0.2) is 0 Å². The zero-order chi connectivity index (χ0) is 12.5. The van der Waals surface area contributed by atoms with Crippen LogP contribution in [-0.4, -0.2) is 12.3 Å². The van der Waals surface area contributed by atoms with E-state index in [0.717, 1.165) is 24.8 Å². The van der Waals surface area contributed by atoms with E-state index in [1.807, 2.05) is 18.4 Å². The highest BCUT2D eigenvalue weighted by Crippen LogP contribution is 2.15. The molecular weight excluding hydrogens is 206 g/mol. The first kappa shape index (κ1) is 13.4. The van der Waals surface area contributed by atoms with Crippen LogP contribution in [0.25, 0.3) is 0 Å². The second-order valence-corrected chi connectivity index (χ2v) is 4.07. The fourth-order valence-corrected chi connectivity index (χ4v) is 1.64. The third kappa shape index (κ3) is 4.81. The molecule has 0 fully saturated rings. The van der Waals surface area contributed by atoms with Gasteiger partial charge in [-0.15, -0.1) is 6.58 Å². The molecule has 0 heterocycles. The molecule has 0 N–H and O–H groups in total. The van der Waals surface area contributed by atoms with Gasteiger partial charge in [0.05, 0.1) is 6.04 Å². The van der Waals surface area contributed by atoms with Gasteiger partial charge in [0.15, 0.2) is 0 Å². The topological polar surface area (TPSA) is 12.4 Å². The van der Waals surface area contributed by atoms with Gasteiger partial charge in [0.25, 0.3) is 0 Å². The molecule has 90 valence electrons. The summed E-state index contributed by atoms with van der Waals surface area (Å²) in [6.45, 7) is 9.59. The normalized spacial score (nSPS) is 17.9. The van der Waals surface area contributed by atoms with Crippen molar-refractivity contribution >= 4 is 6.21 Å². The van der Waals surface area contributed by atoms with E-state index in [9.17, 15) is 0 Å². The predicted molar refractivity (Wildman–Crippen MR) is 77.5 cm³/mol. The Kier molecular flexibility index (Phi) is 6.02. The third-order valence-electron chi connectivity index (χ3n) is 2.71. The summed E-state index contributed by atoms with van der Waals surface area (Å²) >= 11 is 0. The van der Waals surface area contributed by atoms with Crippen molar-refractivity contribution < 1.29 is 0 Å². The third-order valence-corrected chi connectivity index (χ3v) is 2.71. The molecule has 1 nitrogen and oxygen atoms in total. The van der Waals surface area contributed by atoms with Crippen LogP contribution in [0.2, 0.25) is 0 Å². The van der Waals surface area contributed by atoms with Gasteiger partial charge in [-0.2, -0.15) is 0 Å². The Balaban J connectivity index is 2.62. The molecule has 0 amide bonds. The smallest absolute Gasteiger partial charge is 0.0717 e. The van der Waals surface area contributed by atoms with Crippen LogP contribution in [0.3, 0.4) is 0 Å². The Morgan fingerprint density at radius 3 is 2.88 bits per heavy atom. The van der Waals surface area contributed by atoms with Crippen LogP contribution in [0.4, 0.5) is 0 Å². The molecule has 0 saturated carbocycles. The molecular formula is C16H21N. The molecule has 1 aliphatic rings. The van der Waals surface area contributed by atoms with Crippen molar-refractivity contribution in [2.45, 2.75) is 32.2 Å². The van der Waals surface area contributed by atoms with Gasteiger partial charge in [0.1, 0.15) is 0 Å². The van der Waals surface area contributed by atoms with Crippen molar-refractivity contribution in [2.24, 2.45) is 4.99 Å². The van der Waals surface area contributed by atoms with Gasteiger partial charge in [0, 0.05) is 6.21 Å². The van der Waals surface area contributed by atoms with Gasteiger partial charge in [-0.1, -0.05) is 43.0 Å². The molecule has 0 aromatic rings. The van der Waals surface area contributed by atoms with Crippen molar-refractivity contribution in [3.63, 3.8) is 0 Å². The molecule has 0 spiro atoms. The second kappa shape index (κ2) is 7.61. The number of hydrogen-bond acceptors (Lipinski definition) is 1. The number of aliphatic imine (C=N–C) groups is 1. The summed E-state index contributed by atoms with van der Waals surface area (Å²) in [5, 5.41) is 0. The van der Waals surface area contributed by atoms with Crippen LogP contribution >= 0.6 is 0 Å². The Labute approximate surface area is 105 Å². The summed E-state index contributed by atoms with van der Waals surface area (Å²) in [6, 6.07) is 0.221. The van der Waals surface area contributed by atoms with Crippen LogP contribution in [-0.2, 0) is 0 Å². The number of rotatable bonds is 6. The summed E-state index contributed by atoms with van der Waals surface area (Å²) in [4.78, 5) is 4.55. The minimum atomic E-state index is 0.221. The first-order chi connectivity index (χ1) is 8.27. The zero-order valence-electron chi connectivity index (χ0n) is 10.6. The van der Waals surface area contributed by atoms with Crippen LogP contribution in [0.1, 0.15) is 26.2 Å². The minimum absolute atomic E-state index is 0.221. The molecule has 0 aliphatic heterocycles. The average molecular weight is 227 g/mol. The van der Waals surface area contributed by atoms with Crippen LogP contribution < -0.4 is 0 Å². The van der Waals surface area contributed by atoms with E-state index >= 15 is 0 Å². The van der Waals surface area contributed by atoms with Crippen molar-refractivity contribution in [3.8, 4) is 0 Å². The number of hydrogen-bond donors (Lipinski definition) is 0. The molecule has 1 rings (SSSR count). The Bertz CT molecular complexity index is 380. The van der Waals surface area contributed by atoms with Gasteiger partial charge < -0.3 is 0 Å². The lowest BCUT2D eigenvalue weighted by atomic mass is 10.0. The van der Waals surface area contributed by atoms with Gasteiger partial charge in [-0.05, 0) is 37.3 Å². The number of nitrogens with zero attached hydrogens (tertiary/aromatic N) is 1. The van der Waals surface area contributed by atoms with E-state index < -0.39 is 0 Å². The van der Waals surface area contributed by atoms with Crippen molar-refractivity contribution in [1.29, 1.82) is 0 Å². The molecule has 0 aromatic heterocycles. The maximum Gasteiger partial charge on any atom is 0.0717 e. The molecule has 1 heteroatoms. The first-order valence-corrected chi connectivity index (χ1v) is 6.11. The summed E-state index contributed by atoms with van der Waals surface area (Å²) in [6.07, 6.45) is 17.4. The van der Waals surface area contributed by atoms with E-state index in [1.165, 1.54) is 5.57 Å². The lowest BCUT2D eigenvalue weighted by Gasteiger charge is -2.11. The Morgan fingerprint density at radius 1 is 1.47 bits per heavy atom. The quantitative estimate of drug-likeness (QED) is 0.362. The van der Waals surface area contributed by atoms with E-state index in [0.29, 0.717) is 0 Å².